The normalized spacial score (nSPS) is 19.7. The molecule has 1 aromatic rings. The van der Waals surface area contributed by atoms with Gasteiger partial charge >= 0.3 is 0 Å². The summed E-state index contributed by atoms with van der Waals surface area (Å²) in [5.41, 5.74) is 0.965. The topological polar surface area (TPSA) is 67.4 Å². The van der Waals surface area contributed by atoms with Crippen molar-refractivity contribution in [2.75, 3.05) is 19.8 Å². The fourth-order valence-electron chi connectivity index (χ4n) is 2.01. The molecular formula is C13H20N2O3S. The first-order valence-corrected chi connectivity index (χ1v) is 8.00. The molecular weight excluding hydrogens is 264 g/mol. The summed E-state index contributed by atoms with van der Waals surface area (Å²) in [5, 5.41) is 3.18. The predicted molar refractivity (Wildman–Crippen MR) is 73.4 cm³/mol. The van der Waals surface area contributed by atoms with Gasteiger partial charge in [-0.15, -0.1) is 0 Å². The second-order valence-electron chi connectivity index (χ2n) is 4.61. The van der Waals surface area contributed by atoms with Crippen LogP contribution in [0.2, 0.25) is 0 Å². The molecule has 1 aliphatic heterocycles. The van der Waals surface area contributed by atoms with E-state index in [0.29, 0.717) is 24.7 Å². The van der Waals surface area contributed by atoms with E-state index in [1.807, 2.05) is 13.0 Å². The minimum Gasteiger partial charge on any atom is -0.380 e. The van der Waals surface area contributed by atoms with Crippen LogP contribution >= 0.6 is 0 Å². The van der Waals surface area contributed by atoms with Gasteiger partial charge in [-0.3, -0.25) is 0 Å². The van der Waals surface area contributed by atoms with Crippen LogP contribution in [0.25, 0.3) is 0 Å². The zero-order chi connectivity index (χ0) is 13.7. The zero-order valence-electron chi connectivity index (χ0n) is 11.1. The van der Waals surface area contributed by atoms with Gasteiger partial charge in [-0.25, -0.2) is 13.1 Å². The van der Waals surface area contributed by atoms with E-state index in [0.717, 1.165) is 18.5 Å². The molecule has 0 spiro atoms. The fraction of sp³-hybridized carbons (Fsp3) is 0.538. The largest absolute Gasteiger partial charge is 0.380 e. The van der Waals surface area contributed by atoms with E-state index in [1.165, 1.54) is 0 Å². The van der Waals surface area contributed by atoms with Gasteiger partial charge in [0, 0.05) is 19.2 Å². The minimum absolute atomic E-state index is 0.109. The highest BCUT2D eigenvalue weighted by Gasteiger charge is 2.23. The lowest BCUT2D eigenvalue weighted by Gasteiger charge is -2.12. The lowest BCUT2D eigenvalue weighted by Crippen LogP contribution is -2.35. The average molecular weight is 284 g/mol. The smallest absolute Gasteiger partial charge is 0.240 e. The maximum Gasteiger partial charge on any atom is 0.240 e. The van der Waals surface area contributed by atoms with Gasteiger partial charge in [0.05, 0.1) is 11.5 Å². The van der Waals surface area contributed by atoms with Crippen molar-refractivity contribution in [2.24, 2.45) is 0 Å². The van der Waals surface area contributed by atoms with Crippen molar-refractivity contribution in [3.8, 4) is 0 Å². The van der Waals surface area contributed by atoms with Crippen LogP contribution in [0, 0.1) is 0 Å². The molecule has 0 amide bonds. The van der Waals surface area contributed by atoms with E-state index in [4.69, 9.17) is 4.74 Å². The number of hydrogen-bond donors (Lipinski definition) is 2. The average Bonchev–Trinajstić information content (AvgIpc) is 2.89. The maximum atomic E-state index is 12.2. The second kappa shape index (κ2) is 6.47. The van der Waals surface area contributed by atoms with Crippen molar-refractivity contribution in [1.29, 1.82) is 0 Å². The van der Waals surface area contributed by atoms with Crippen LogP contribution in [0.1, 0.15) is 18.9 Å². The molecule has 2 rings (SSSR count). The van der Waals surface area contributed by atoms with Crippen LogP contribution in [0.5, 0.6) is 0 Å². The third kappa shape index (κ3) is 4.01. The van der Waals surface area contributed by atoms with Crippen LogP contribution < -0.4 is 10.0 Å². The molecule has 1 unspecified atom stereocenters. The molecule has 0 bridgehead atoms. The SMILES string of the molecule is CCNCc1cccc(S(=O)(=O)NC2CCOC2)c1. The molecule has 1 atom stereocenters. The molecule has 0 radical (unpaired) electrons. The van der Waals surface area contributed by atoms with E-state index in [-0.39, 0.29) is 6.04 Å². The molecule has 106 valence electrons. The Bertz CT molecular complexity index is 510. The van der Waals surface area contributed by atoms with Gasteiger partial charge in [-0.05, 0) is 30.7 Å². The summed E-state index contributed by atoms with van der Waals surface area (Å²) in [5.74, 6) is 0. The number of ether oxygens (including phenoxy) is 1. The molecule has 1 aromatic carbocycles. The van der Waals surface area contributed by atoms with Crippen molar-refractivity contribution in [1.82, 2.24) is 10.0 Å². The lowest BCUT2D eigenvalue weighted by molar-refractivity contribution is 0.192. The number of sulfonamides is 1. The highest BCUT2D eigenvalue weighted by Crippen LogP contribution is 2.14. The molecule has 2 N–H and O–H groups in total. The predicted octanol–water partition coefficient (Wildman–Crippen LogP) is 0.863. The molecule has 0 aromatic heterocycles. The third-order valence-corrected chi connectivity index (χ3v) is 4.56. The molecule has 1 heterocycles. The zero-order valence-corrected chi connectivity index (χ0v) is 11.9. The first kappa shape index (κ1) is 14.5. The Morgan fingerprint density at radius 2 is 2.26 bits per heavy atom. The van der Waals surface area contributed by atoms with Gasteiger partial charge in [0.25, 0.3) is 0 Å². The summed E-state index contributed by atoms with van der Waals surface area (Å²) in [7, 11) is -3.45. The first-order valence-electron chi connectivity index (χ1n) is 6.51. The summed E-state index contributed by atoms with van der Waals surface area (Å²) < 4.78 is 32.3. The number of benzene rings is 1. The van der Waals surface area contributed by atoms with Gasteiger partial charge in [0.1, 0.15) is 0 Å². The summed E-state index contributed by atoms with van der Waals surface area (Å²) in [6, 6.07) is 6.91. The summed E-state index contributed by atoms with van der Waals surface area (Å²) >= 11 is 0. The summed E-state index contributed by atoms with van der Waals surface area (Å²) in [6.45, 7) is 4.62. The maximum absolute atomic E-state index is 12.2. The molecule has 1 saturated heterocycles. The van der Waals surface area contributed by atoms with Crippen LogP contribution in [0.3, 0.4) is 0 Å². The molecule has 5 nitrogen and oxygen atoms in total. The second-order valence-corrected chi connectivity index (χ2v) is 6.32. The Morgan fingerprint density at radius 3 is 2.95 bits per heavy atom. The molecule has 19 heavy (non-hydrogen) atoms. The van der Waals surface area contributed by atoms with Gasteiger partial charge in [-0.2, -0.15) is 0 Å². The Hall–Kier alpha value is -0.950. The van der Waals surface area contributed by atoms with Crippen molar-refractivity contribution < 1.29 is 13.2 Å². The number of nitrogens with one attached hydrogen (secondary N) is 2. The van der Waals surface area contributed by atoms with Crippen LogP contribution in [-0.4, -0.2) is 34.2 Å². The number of hydrogen-bond acceptors (Lipinski definition) is 4. The van der Waals surface area contributed by atoms with Gasteiger partial charge < -0.3 is 10.1 Å². The van der Waals surface area contributed by atoms with E-state index in [1.54, 1.807) is 18.2 Å². The fourth-order valence-corrected chi connectivity index (χ4v) is 3.33. The molecule has 1 fully saturated rings. The highest BCUT2D eigenvalue weighted by molar-refractivity contribution is 7.89. The highest BCUT2D eigenvalue weighted by atomic mass is 32.2. The third-order valence-electron chi connectivity index (χ3n) is 3.04. The van der Waals surface area contributed by atoms with Gasteiger partial charge in [-0.1, -0.05) is 19.1 Å². The van der Waals surface area contributed by atoms with Crippen LogP contribution in [-0.2, 0) is 21.3 Å². The molecule has 0 saturated carbocycles. The van der Waals surface area contributed by atoms with Crippen LogP contribution in [0.15, 0.2) is 29.2 Å². The Morgan fingerprint density at radius 1 is 1.42 bits per heavy atom. The first-order chi connectivity index (χ1) is 9.12. The van der Waals surface area contributed by atoms with Crippen LogP contribution in [0.4, 0.5) is 0 Å². The van der Waals surface area contributed by atoms with E-state index >= 15 is 0 Å². The molecule has 1 aliphatic rings. The van der Waals surface area contributed by atoms with Crippen molar-refractivity contribution >= 4 is 10.0 Å². The summed E-state index contributed by atoms with van der Waals surface area (Å²) in [6.07, 6.45) is 0.732. The van der Waals surface area contributed by atoms with Gasteiger partial charge in [0.2, 0.25) is 10.0 Å². The Kier molecular flexibility index (Phi) is 4.93. The summed E-state index contributed by atoms with van der Waals surface area (Å²) in [4.78, 5) is 0.315. The Balaban J connectivity index is 2.10. The monoisotopic (exact) mass is 284 g/mol. The van der Waals surface area contributed by atoms with E-state index in [9.17, 15) is 8.42 Å². The lowest BCUT2D eigenvalue weighted by atomic mass is 10.2. The molecule has 0 aliphatic carbocycles. The standard InChI is InChI=1S/C13H20N2O3S/c1-2-14-9-11-4-3-5-13(8-11)19(16,17)15-12-6-7-18-10-12/h3-5,8,12,14-15H,2,6-7,9-10H2,1H3. The van der Waals surface area contributed by atoms with Crippen molar-refractivity contribution in [3.63, 3.8) is 0 Å². The minimum atomic E-state index is -3.45. The van der Waals surface area contributed by atoms with Crippen molar-refractivity contribution in [3.05, 3.63) is 29.8 Å². The van der Waals surface area contributed by atoms with Crippen molar-refractivity contribution in [2.45, 2.75) is 30.8 Å². The van der Waals surface area contributed by atoms with E-state index in [2.05, 4.69) is 10.0 Å². The number of rotatable bonds is 6. The van der Waals surface area contributed by atoms with E-state index < -0.39 is 10.0 Å². The Labute approximate surface area is 114 Å². The molecule has 6 heteroatoms. The quantitative estimate of drug-likeness (QED) is 0.813. The van der Waals surface area contributed by atoms with Gasteiger partial charge in [0.15, 0.2) is 0 Å².